The molecular weight excluding hydrogens is 186 g/mol. The van der Waals surface area contributed by atoms with Crippen molar-refractivity contribution in [3.05, 3.63) is 23.3 Å². The molecule has 1 aromatic rings. The van der Waals surface area contributed by atoms with E-state index in [9.17, 15) is 5.11 Å². The summed E-state index contributed by atoms with van der Waals surface area (Å²) in [5, 5.41) is 13.3. The van der Waals surface area contributed by atoms with Crippen LogP contribution in [0.2, 0.25) is 0 Å². The predicted octanol–water partition coefficient (Wildman–Crippen LogP) is 3.68. The van der Waals surface area contributed by atoms with Crippen molar-refractivity contribution < 1.29 is 5.11 Å². The molecule has 0 radical (unpaired) electrons. The predicted molar refractivity (Wildman–Crippen MR) is 65.8 cm³/mol. The van der Waals surface area contributed by atoms with Gasteiger partial charge in [-0.15, -0.1) is 0 Å². The fourth-order valence-corrected chi connectivity index (χ4v) is 1.70. The number of rotatable bonds is 3. The average molecular weight is 207 g/mol. The molecule has 0 saturated heterocycles. The first-order valence-corrected chi connectivity index (χ1v) is 5.52. The van der Waals surface area contributed by atoms with E-state index in [1.807, 2.05) is 19.2 Å². The van der Waals surface area contributed by atoms with Gasteiger partial charge in [-0.3, -0.25) is 0 Å². The Bertz CT molecular complexity index is 313. The molecule has 1 aromatic carbocycles. The van der Waals surface area contributed by atoms with Crippen LogP contribution in [0.4, 0.5) is 5.69 Å². The molecule has 2 heteroatoms. The minimum Gasteiger partial charge on any atom is -0.507 e. The zero-order valence-electron chi connectivity index (χ0n) is 10.3. The van der Waals surface area contributed by atoms with Crippen molar-refractivity contribution in [3.63, 3.8) is 0 Å². The van der Waals surface area contributed by atoms with Crippen LogP contribution in [-0.2, 0) is 0 Å². The van der Waals surface area contributed by atoms with E-state index in [1.54, 1.807) is 0 Å². The summed E-state index contributed by atoms with van der Waals surface area (Å²) >= 11 is 0. The summed E-state index contributed by atoms with van der Waals surface area (Å²) in [4.78, 5) is 0. The number of nitrogens with one attached hydrogen (secondary N) is 1. The lowest BCUT2D eigenvalue weighted by atomic mass is 9.93. The van der Waals surface area contributed by atoms with E-state index in [-0.39, 0.29) is 0 Å². The second-order valence-electron chi connectivity index (χ2n) is 4.56. The van der Waals surface area contributed by atoms with Gasteiger partial charge in [-0.2, -0.15) is 0 Å². The lowest BCUT2D eigenvalue weighted by molar-refractivity contribution is 0.454. The van der Waals surface area contributed by atoms with Gasteiger partial charge in [0.15, 0.2) is 0 Å². The van der Waals surface area contributed by atoms with E-state index in [2.05, 4.69) is 33.0 Å². The Kier molecular flexibility index (Phi) is 3.61. The number of hydrogen-bond acceptors (Lipinski definition) is 2. The highest BCUT2D eigenvalue weighted by atomic mass is 16.3. The first-order chi connectivity index (χ1) is 6.97. The van der Waals surface area contributed by atoms with Crippen LogP contribution < -0.4 is 5.32 Å². The Labute approximate surface area is 92.3 Å². The molecule has 2 N–H and O–H groups in total. The average Bonchev–Trinajstić information content (AvgIpc) is 2.17. The van der Waals surface area contributed by atoms with Gasteiger partial charge in [-0.05, 0) is 35.1 Å². The van der Waals surface area contributed by atoms with Gasteiger partial charge in [-0.25, -0.2) is 0 Å². The molecule has 0 atom stereocenters. The maximum absolute atomic E-state index is 10.1. The molecule has 84 valence electrons. The highest BCUT2D eigenvalue weighted by Gasteiger charge is 2.14. The molecule has 1 rings (SSSR count). The third-order valence-electron chi connectivity index (χ3n) is 2.70. The van der Waals surface area contributed by atoms with Crippen molar-refractivity contribution in [2.45, 2.75) is 39.5 Å². The zero-order valence-corrected chi connectivity index (χ0v) is 10.3. The van der Waals surface area contributed by atoms with Crippen LogP contribution in [0.3, 0.4) is 0 Å². The van der Waals surface area contributed by atoms with Crippen LogP contribution in [0.15, 0.2) is 12.1 Å². The summed E-state index contributed by atoms with van der Waals surface area (Å²) in [6.07, 6.45) is 0. The number of hydrogen-bond donors (Lipinski definition) is 2. The van der Waals surface area contributed by atoms with E-state index < -0.39 is 0 Å². The SMILES string of the molecule is CNc1cc(C(C)C)c(O)c(C(C)C)c1. The van der Waals surface area contributed by atoms with Gasteiger partial charge in [0.25, 0.3) is 0 Å². The maximum atomic E-state index is 10.1. The number of anilines is 1. The molecule has 0 unspecified atom stereocenters. The molecule has 2 nitrogen and oxygen atoms in total. The van der Waals surface area contributed by atoms with Crippen LogP contribution in [0.1, 0.15) is 50.7 Å². The van der Waals surface area contributed by atoms with Crippen molar-refractivity contribution in [1.29, 1.82) is 0 Å². The normalized spacial score (nSPS) is 11.1. The van der Waals surface area contributed by atoms with Crippen LogP contribution in [-0.4, -0.2) is 12.2 Å². The molecule has 0 aromatic heterocycles. The first-order valence-electron chi connectivity index (χ1n) is 5.52. The quantitative estimate of drug-likeness (QED) is 0.741. The largest absolute Gasteiger partial charge is 0.507 e. The second kappa shape index (κ2) is 4.56. The number of phenolic OH excluding ortho intramolecular Hbond substituents is 1. The summed E-state index contributed by atoms with van der Waals surface area (Å²) in [6.45, 7) is 8.38. The van der Waals surface area contributed by atoms with Gasteiger partial charge < -0.3 is 10.4 Å². The van der Waals surface area contributed by atoms with Crippen molar-refractivity contribution in [1.82, 2.24) is 0 Å². The van der Waals surface area contributed by atoms with Crippen LogP contribution in [0.25, 0.3) is 0 Å². The van der Waals surface area contributed by atoms with E-state index in [4.69, 9.17) is 0 Å². The lowest BCUT2D eigenvalue weighted by Gasteiger charge is -2.17. The zero-order chi connectivity index (χ0) is 11.6. The first kappa shape index (κ1) is 11.9. The molecule has 0 aliphatic rings. The van der Waals surface area contributed by atoms with E-state index in [0.717, 1.165) is 16.8 Å². The van der Waals surface area contributed by atoms with Crippen LogP contribution in [0, 0.1) is 0 Å². The van der Waals surface area contributed by atoms with Crippen molar-refractivity contribution in [2.24, 2.45) is 0 Å². The molecule has 0 spiro atoms. The second-order valence-corrected chi connectivity index (χ2v) is 4.56. The topological polar surface area (TPSA) is 32.3 Å². The summed E-state index contributed by atoms with van der Waals surface area (Å²) in [7, 11) is 1.90. The van der Waals surface area contributed by atoms with Crippen LogP contribution >= 0.6 is 0 Å². The lowest BCUT2D eigenvalue weighted by Crippen LogP contribution is -1.98. The molecule has 0 aliphatic heterocycles. The molecule has 0 amide bonds. The molecule has 0 saturated carbocycles. The molecule has 0 fully saturated rings. The third kappa shape index (κ3) is 2.44. The Hall–Kier alpha value is -1.18. The minimum atomic E-state index is 0.343. The molecule has 0 aliphatic carbocycles. The highest BCUT2D eigenvalue weighted by molar-refractivity contribution is 5.56. The summed E-state index contributed by atoms with van der Waals surface area (Å²) < 4.78 is 0. The van der Waals surface area contributed by atoms with Gasteiger partial charge >= 0.3 is 0 Å². The Morgan fingerprint density at radius 1 is 1.00 bits per heavy atom. The van der Waals surface area contributed by atoms with Gasteiger partial charge in [0.2, 0.25) is 0 Å². The standard InChI is InChI=1S/C13H21NO/c1-8(2)11-6-10(14-5)7-12(9(3)4)13(11)15/h6-9,14-15H,1-5H3. The number of aromatic hydroxyl groups is 1. The Morgan fingerprint density at radius 3 is 1.67 bits per heavy atom. The van der Waals surface area contributed by atoms with Crippen molar-refractivity contribution in [2.75, 3.05) is 12.4 Å². The summed E-state index contributed by atoms with van der Waals surface area (Å²) in [5.74, 6) is 1.14. The van der Waals surface area contributed by atoms with Gasteiger partial charge in [0.1, 0.15) is 5.75 Å². The van der Waals surface area contributed by atoms with Crippen LogP contribution in [0.5, 0.6) is 5.75 Å². The number of phenols is 1. The third-order valence-corrected chi connectivity index (χ3v) is 2.70. The molecule has 15 heavy (non-hydrogen) atoms. The summed E-state index contributed by atoms with van der Waals surface area (Å²) in [6, 6.07) is 4.04. The van der Waals surface area contributed by atoms with E-state index in [1.165, 1.54) is 0 Å². The Balaban J connectivity index is 3.33. The summed E-state index contributed by atoms with van der Waals surface area (Å²) in [5.41, 5.74) is 3.11. The van der Waals surface area contributed by atoms with Crippen molar-refractivity contribution >= 4 is 5.69 Å². The molecular formula is C13H21NO. The Morgan fingerprint density at radius 2 is 1.40 bits per heavy atom. The van der Waals surface area contributed by atoms with E-state index >= 15 is 0 Å². The fraction of sp³-hybridized carbons (Fsp3) is 0.538. The molecule has 0 bridgehead atoms. The highest BCUT2D eigenvalue weighted by Crippen LogP contribution is 2.36. The minimum absolute atomic E-state index is 0.343. The fourth-order valence-electron chi connectivity index (χ4n) is 1.70. The smallest absolute Gasteiger partial charge is 0.122 e. The van der Waals surface area contributed by atoms with E-state index in [0.29, 0.717) is 17.6 Å². The van der Waals surface area contributed by atoms with Gasteiger partial charge in [-0.1, -0.05) is 27.7 Å². The van der Waals surface area contributed by atoms with Gasteiger partial charge in [0.05, 0.1) is 0 Å². The number of benzene rings is 1. The monoisotopic (exact) mass is 207 g/mol. The van der Waals surface area contributed by atoms with Gasteiger partial charge in [0, 0.05) is 12.7 Å². The maximum Gasteiger partial charge on any atom is 0.122 e. The molecule has 0 heterocycles. The van der Waals surface area contributed by atoms with Crippen molar-refractivity contribution in [3.8, 4) is 5.75 Å².